The highest BCUT2D eigenvalue weighted by Gasteiger charge is 2.21. The van der Waals surface area contributed by atoms with E-state index in [1.165, 1.54) is 4.68 Å². The van der Waals surface area contributed by atoms with Crippen molar-refractivity contribution in [3.8, 4) is 0 Å². The fraction of sp³-hybridized carbons (Fsp3) is 0.750. The maximum Gasteiger partial charge on any atom is 0.345 e. The van der Waals surface area contributed by atoms with Gasteiger partial charge < -0.3 is 0 Å². The zero-order valence-electron chi connectivity index (χ0n) is 8.25. The van der Waals surface area contributed by atoms with E-state index in [-0.39, 0.29) is 11.1 Å². The van der Waals surface area contributed by atoms with E-state index in [0.717, 1.165) is 5.82 Å². The molecule has 4 nitrogen and oxygen atoms in total. The van der Waals surface area contributed by atoms with Crippen molar-refractivity contribution in [1.29, 1.82) is 0 Å². The molecule has 0 unspecified atom stereocenters. The Kier molecular flexibility index (Phi) is 1.86. The van der Waals surface area contributed by atoms with Crippen LogP contribution in [0.3, 0.4) is 0 Å². The largest absolute Gasteiger partial charge is 0.345 e. The highest BCUT2D eigenvalue weighted by molar-refractivity contribution is 5.01. The molecule has 0 atom stereocenters. The first-order valence-corrected chi connectivity index (χ1v) is 3.94. The lowest BCUT2D eigenvalue weighted by atomic mass is 9.96. The fourth-order valence-corrected chi connectivity index (χ4v) is 1.21. The number of aryl methyl sites for hydroxylation is 1. The van der Waals surface area contributed by atoms with Crippen LogP contribution in [-0.2, 0) is 19.5 Å². The summed E-state index contributed by atoms with van der Waals surface area (Å²) in [6.45, 7) is 6.11. The molecule has 0 aliphatic rings. The maximum atomic E-state index is 11.3. The Labute approximate surface area is 71.8 Å². The van der Waals surface area contributed by atoms with Crippen LogP contribution in [-0.4, -0.2) is 14.3 Å². The first-order chi connectivity index (χ1) is 5.34. The molecule has 1 rings (SSSR count). The van der Waals surface area contributed by atoms with Crippen LogP contribution in [0.25, 0.3) is 0 Å². The van der Waals surface area contributed by atoms with Crippen LogP contribution in [0.5, 0.6) is 0 Å². The first kappa shape index (κ1) is 9.03. The van der Waals surface area contributed by atoms with E-state index in [4.69, 9.17) is 0 Å². The SMILES string of the molecule is Cn1nc(C(C)(C)C)n(C)c1=O. The first-order valence-electron chi connectivity index (χ1n) is 3.94. The van der Waals surface area contributed by atoms with Gasteiger partial charge in [0.1, 0.15) is 5.82 Å². The number of nitrogens with zero attached hydrogens (tertiary/aromatic N) is 3. The van der Waals surface area contributed by atoms with E-state index in [1.807, 2.05) is 20.8 Å². The zero-order valence-corrected chi connectivity index (χ0v) is 8.25. The van der Waals surface area contributed by atoms with Gasteiger partial charge in [0.05, 0.1) is 0 Å². The molecule has 0 aliphatic heterocycles. The standard InChI is InChI=1S/C8H15N3O/c1-8(2,3)6-9-11(5)7(12)10(6)4/h1-5H3. The van der Waals surface area contributed by atoms with Crippen LogP contribution in [0.2, 0.25) is 0 Å². The van der Waals surface area contributed by atoms with Crippen molar-refractivity contribution in [1.82, 2.24) is 14.3 Å². The van der Waals surface area contributed by atoms with Crippen molar-refractivity contribution in [3.05, 3.63) is 16.3 Å². The average Bonchev–Trinajstić information content (AvgIpc) is 2.15. The van der Waals surface area contributed by atoms with Gasteiger partial charge in [-0.1, -0.05) is 20.8 Å². The van der Waals surface area contributed by atoms with Crippen molar-refractivity contribution in [2.24, 2.45) is 14.1 Å². The molecule has 1 heterocycles. The lowest BCUT2D eigenvalue weighted by molar-refractivity contribution is 0.514. The predicted octanol–water partition coefficient (Wildman–Crippen LogP) is 0.416. The van der Waals surface area contributed by atoms with Gasteiger partial charge in [0.15, 0.2) is 0 Å². The Balaban J connectivity index is 3.38. The Bertz CT molecular complexity index is 340. The molecule has 0 amide bonds. The number of hydrogen-bond acceptors (Lipinski definition) is 2. The molecule has 0 spiro atoms. The van der Waals surface area contributed by atoms with Crippen molar-refractivity contribution in [2.45, 2.75) is 26.2 Å². The van der Waals surface area contributed by atoms with Crippen molar-refractivity contribution in [2.75, 3.05) is 0 Å². The fourth-order valence-electron chi connectivity index (χ4n) is 1.21. The quantitative estimate of drug-likeness (QED) is 0.564. The highest BCUT2D eigenvalue weighted by atomic mass is 16.2. The van der Waals surface area contributed by atoms with E-state index in [2.05, 4.69) is 5.10 Å². The molecule has 0 saturated heterocycles. The molecule has 0 aliphatic carbocycles. The predicted molar refractivity (Wildman–Crippen MR) is 47.1 cm³/mol. The van der Waals surface area contributed by atoms with E-state index in [0.29, 0.717) is 0 Å². The summed E-state index contributed by atoms with van der Waals surface area (Å²) in [5.74, 6) is 0.815. The van der Waals surface area contributed by atoms with Gasteiger partial charge in [0.2, 0.25) is 0 Å². The summed E-state index contributed by atoms with van der Waals surface area (Å²) < 4.78 is 2.95. The molecule has 1 aromatic rings. The van der Waals surface area contributed by atoms with Crippen molar-refractivity contribution >= 4 is 0 Å². The maximum absolute atomic E-state index is 11.3. The molecule has 0 radical (unpaired) electrons. The molecular formula is C8H15N3O. The molecule has 12 heavy (non-hydrogen) atoms. The second kappa shape index (κ2) is 2.47. The van der Waals surface area contributed by atoms with E-state index < -0.39 is 0 Å². The minimum Gasteiger partial charge on any atom is -0.282 e. The molecule has 0 saturated carbocycles. The highest BCUT2D eigenvalue weighted by Crippen LogP contribution is 2.17. The van der Waals surface area contributed by atoms with Crippen LogP contribution >= 0.6 is 0 Å². The molecule has 0 N–H and O–H groups in total. The van der Waals surface area contributed by atoms with Gasteiger partial charge in [-0.25, -0.2) is 9.48 Å². The third-order valence-corrected chi connectivity index (χ3v) is 1.80. The van der Waals surface area contributed by atoms with Gasteiger partial charge in [0, 0.05) is 19.5 Å². The van der Waals surface area contributed by atoms with E-state index in [9.17, 15) is 4.79 Å². The normalized spacial score (nSPS) is 12.1. The van der Waals surface area contributed by atoms with Crippen LogP contribution in [0.4, 0.5) is 0 Å². The van der Waals surface area contributed by atoms with Gasteiger partial charge in [-0.15, -0.1) is 0 Å². The Morgan fingerprint density at radius 3 is 1.92 bits per heavy atom. The molecule has 0 bridgehead atoms. The molecular weight excluding hydrogens is 154 g/mol. The summed E-state index contributed by atoms with van der Waals surface area (Å²) in [5, 5.41) is 4.15. The minimum absolute atomic E-state index is 0.0695. The van der Waals surface area contributed by atoms with Gasteiger partial charge in [0.25, 0.3) is 0 Å². The van der Waals surface area contributed by atoms with Crippen molar-refractivity contribution in [3.63, 3.8) is 0 Å². The lowest BCUT2D eigenvalue weighted by Crippen LogP contribution is -2.24. The van der Waals surface area contributed by atoms with Crippen LogP contribution in [0.15, 0.2) is 4.79 Å². The molecule has 0 aromatic carbocycles. The number of rotatable bonds is 0. The van der Waals surface area contributed by atoms with E-state index >= 15 is 0 Å². The lowest BCUT2D eigenvalue weighted by Gasteiger charge is -2.15. The molecule has 0 fully saturated rings. The third kappa shape index (κ3) is 1.29. The second-order valence-corrected chi connectivity index (χ2v) is 4.04. The van der Waals surface area contributed by atoms with Gasteiger partial charge in [-0.3, -0.25) is 4.57 Å². The van der Waals surface area contributed by atoms with Gasteiger partial charge in [-0.2, -0.15) is 5.10 Å². The smallest absolute Gasteiger partial charge is 0.282 e. The van der Waals surface area contributed by atoms with Crippen LogP contribution < -0.4 is 5.69 Å². The van der Waals surface area contributed by atoms with Gasteiger partial charge in [-0.05, 0) is 0 Å². The molecule has 4 heteroatoms. The van der Waals surface area contributed by atoms with Crippen LogP contribution in [0.1, 0.15) is 26.6 Å². The molecule has 68 valence electrons. The van der Waals surface area contributed by atoms with Gasteiger partial charge >= 0.3 is 5.69 Å². The Hall–Kier alpha value is -1.06. The Morgan fingerprint density at radius 2 is 1.75 bits per heavy atom. The third-order valence-electron chi connectivity index (χ3n) is 1.80. The summed E-state index contributed by atoms with van der Waals surface area (Å²) in [7, 11) is 3.41. The summed E-state index contributed by atoms with van der Waals surface area (Å²) in [6, 6.07) is 0. The Morgan fingerprint density at radius 1 is 1.25 bits per heavy atom. The zero-order chi connectivity index (χ0) is 9.52. The summed E-state index contributed by atoms with van der Waals surface area (Å²) in [4.78, 5) is 11.3. The summed E-state index contributed by atoms with van der Waals surface area (Å²) in [5.41, 5.74) is -0.144. The topological polar surface area (TPSA) is 39.8 Å². The second-order valence-electron chi connectivity index (χ2n) is 4.04. The molecule has 1 aromatic heterocycles. The average molecular weight is 169 g/mol. The number of hydrogen-bond donors (Lipinski definition) is 0. The van der Waals surface area contributed by atoms with Crippen LogP contribution in [0, 0.1) is 0 Å². The summed E-state index contributed by atoms with van der Waals surface area (Å²) >= 11 is 0. The minimum atomic E-state index is -0.0742. The van der Waals surface area contributed by atoms with Crippen molar-refractivity contribution < 1.29 is 0 Å². The number of aromatic nitrogens is 3. The van der Waals surface area contributed by atoms with E-state index in [1.54, 1.807) is 18.7 Å². The summed E-state index contributed by atoms with van der Waals surface area (Å²) in [6.07, 6.45) is 0. The monoisotopic (exact) mass is 169 g/mol.